The molecule has 0 spiro atoms. The zero-order valence-corrected chi connectivity index (χ0v) is 32.5. The topological polar surface area (TPSA) is 38.9 Å². The summed E-state index contributed by atoms with van der Waals surface area (Å²) < 4.78 is 16.2. The first-order valence-corrected chi connectivity index (χ1v) is 23.1. The second-order valence-electron chi connectivity index (χ2n) is 13.1. The summed E-state index contributed by atoms with van der Waals surface area (Å²) in [6.07, 6.45) is 3.80. The second-order valence-corrected chi connectivity index (χ2v) is 23.8. The van der Waals surface area contributed by atoms with Crippen LogP contribution < -0.4 is 4.40 Å². The van der Waals surface area contributed by atoms with E-state index < -0.39 is 19.2 Å². The number of pyridine rings is 2. The van der Waals surface area contributed by atoms with E-state index in [0.29, 0.717) is 0 Å². The van der Waals surface area contributed by atoms with E-state index in [1.165, 1.54) is 21.1 Å². The van der Waals surface area contributed by atoms with E-state index in [-0.39, 0.29) is 20.1 Å². The van der Waals surface area contributed by atoms with Crippen LogP contribution in [0.2, 0.25) is 17.3 Å². The van der Waals surface area contributed by atoms with Crippen molar-refractivity contribution in [3.05, 3.63) is 138 Å². The molecule has 0 unspecified atom stereocenters. The fourth-order valence-corrected chi connectivity index (χ4v) is 7.95. The molecule has 47 heavy (non-hydrogen) atoms. The first kappa shape index (κ1) is 33.1. The first-order valence-electron chi connectivity index (χ1n) is 16.2. The third kappa shape index (κ3) is 7.67. The molecule has 7 rings (SSSR count). The standard InChI is InChI=1S/C28H24NO.C14H16GeN.Ir/c1-17(2)20-11-12-29-25(16-20)23-8-5-9-24-27-22(7-6-10-26(27)30-28(23)24)21-14-18(3)13-19(4)15-21;1-15(2,3)13-9-10-14(16-11-13)12-7-5-4-6-8-12;/h5-7,9-17H,1-4H3;4-7,9-11H,1-3H3;/q2*-1;/i17D;;. The molecule has 3 nitrogen and oxygen atoms in total. The largest absolute Gasteiger partial charge is 0 e. The fourth-order valence-electron chi connectivity index (χ4n) is 5.78. The van der Waals surface area contributed by atoms with Crippen molar-refractivity contribution in [1.29, 1.82) is 0 Å². The predicted molar refractivity (Wildman–Crippen MR) is 196 cm³/mol. The zero-order chi connectivity index (χ0) is 33.3. The molecule has 0 bridgehead atoms. The molecule has 0 aliphatic carbocycles. The van der Waals surface area contributed by atoms with Crippen LogP contribution in [0.3, 0.4) is 0 Å². The zero-order valence-electron chi connectivity index (χ0n) is 29.0. The summed E-state index contributed by atoms with van der Waals surface area (Å²) in [5.41, 5.74) is 11.1. The maximum absolute atomic E-state index is 8.38. The van der Waals surface area contributed by atoms with Crippen molar-refractivity contribution < 1.29 is 25.9 Å². The summed E-state index contributed by atoms with van der Waals surface area (Å²) in [4.78, 5) is 9.10. The van der Waals surface area contributed by atoms with Crippen LogP contribution in [0.5, 0.6) is 0 Å². The Morgan fingerprint density at radius 3 is 2.23 bits per heavy atom. The van der Waals surface area contributed by atoms with Crippen molar-refractivity contribution in [3.63, 3.8) is 0 Å². The minimum atomic E-state index is -1.72. The number of rotatable bonds is 5. The van der Waals surface area contributed by atoms with Crippen LogP contribution in [0.25, 0.3) is 55.6 Å². The molecule has 7 aromatic rings. The Bertz CT molecular complexity index is 2160. The van der Waals surface area contributed by atoms with Gasteiger partial charge in [0, 0.05) is 33.1 Å². The molecule has 3 aromatic heterocycles. The molecule has 0 N–H and O–H groups in total. The number of aromatic nitrogens is 2. The molecule has 0 fully saturated rings. The van der Waals surface area contributed by atoms with Crippen LogP contribution in [-0.2, 0) is 20.1 Å². The molecule has 1 radical (unpaired) electrons. The molecular formula is C42H40GeIrN2O-2. The number of fused-ring (bicyclic) bond motifs is 3. The van der Waals surface area contributed by atoms with Gasteiger partial charge in [-0.1, -0.05) is 77.9 Å². The van der Waals surface area contributed by atoms with Gasteiger partial charge in [-0.15, -0.1) is 18.2 Å². The molecule has 3 heterocycles. The Labute approximate surface area is 296 Å². The molecule has 0 aliphatic rings. The number of hydrogen-bond acceptors (Lipinski definition) is 3. The average molecular weight is 855 g/mol. The summed E-state index contributed by atoms with van der Waals surface area (Å²) in [5, 5.41) is 2.16. The Kier molecular flexibility index (Phi) is 10.2. The van der Waals surface area contributed by atoms with Gasteiger partial charge in [0.15, 0.2) is 0 Å². The van der Waals surface area contributed by atoms with Crippen LogP contribution in [-0.4, -0.2) is 23.2 Å². The van der Waals surface area contributed by atoms with Crippen molar-refractivity contribution in [1.82, 2.24) is 9.97 Å². The molecule has 0 aliphatic heterocycles. The summed E-state index contributed by atoms with van der Waals surface area (Å²) in [6, 6.07) is 39.5. The van der Waals surface area contributed by atoms with E-state index in [1.54, 1.807) is 6.20 Å². The van der Waals surface area contributed by atoms with E-state index >= 15 is 0 Å². The van der Waals surface area contributed by atoms with Gasteiger partial charge in [0.2, 0.25) is 0 Å². The summed E-state index contributed by atoms with van der Waals surface area (Å²) >= 11 is -1.72. The molecule has 4 aromatic carbocycles. The van der Waals surface area contributed by atoms with E-state index in [2.05, 4.69) is 95.7 Å². The third-order valence-electron chi connectivity index (χ3n) is 8.20. The Morgan fingerprint density at radius 2 is 1.57 bits per heavy atom. The van der Waals surface area contributed by atoms with Crippen molar-refractivity contribution >= 4 is 39.6 Å². The van der Waals surface area contributed by atoms with E-state index in [0.717, 1.165) is 55.6 Å². The van der Waals surface area contributed by atoms with Gasteiger partial charge in [0.05, 0.1) is 5.58 Å². The fraction of sp³-hybridized carbons (Fsp3) is 0.190. The van der Waals surface area contributed by atoms with Gasteiger partial charge in [0.25, 0.3) is 0 Å². The van der Waals surface area contributed by atoms with Crippen molar-refractivity contribution in [2.45, 2.75) is 50.9 Å². The van der Waals surface area contributed by atoms with Gasteiger partial charge in [0.1, 0.15) is 5.58 Å². The monoisotopic (exact) mass is 856 g/mol. The molecule has 0 amide bonds. The van der Waals surface area contributed by atoms with Gasteiger partial charge < -0.3 is 9.40 Å². The number of nitrogens with zero attached hydrogens (tertiary/aromatic N) is 2. The number of aryl methyl sites for hydroxylation is 2. The minimum absolute atomic E-state index is 0. The second kappa shape index (κ2) is 14.5. The van der Waals surface area contributed by atoms with Crippen LogP contribution in [0.15, 0.2) is 114 Å². The molecular weight excluding hydrogens is 813 g/mol. The molecule has 0 saturated heterocycles. The van der Waals surface area contributed by atoms with Crippen LogP contribution in [0, 0.1) is 26.0 Å². The maximum atomic E-state index is 8.38. The molecule has 5 heteroatoms. The Hall–Kier alpha value is -3.83. The SMILES string of the molecule is [2H]C(C)(C)c1ccnc(-c2[c-]ccc3c2oc2cccc(-c4cc(C)cc(C)c4)c23)c1.[CH3][Ge]([CH3])([CH3])[c]1ccc(-c2[c-]cccc2)nc1.[Ir]. The van der Waals surface area contributed by atoms with E-state index in [4.69, 9.17) is 5.79 Å². The van der Waals surface area contributed by atoms with Crippen molar-refractivity contribution in [3.8, 4) is 33.6 Å². The minimum Gasteiger partial charge on any atom is 0 e. The van der Waals surface area contributed by atoms with Crippen LogP contribution in [0.1, 0.15) is 37.8 Å². The number of furan rings is 1. The third-order valence-corrected chi connectivity index (χ3v) is 12.5. The molecule has 0 atom stereocenters. The Balaban J connectivity index is 0.000000224. The van der Waals surface area contributed by atoms with Gasteiger partial charge in [-0.25, -0.2) is 0 Å². The van der Waals surface area contributed by atoms with Gasteiger partial charge >= 0.3 is 99.8 Å². The molecule has 239 valence electrons. The summed E-state index contributed by atoms with van der Waals surface area (Å²) in [6.45, 7) is 8.02. The molecule has 0 saturated carbocycles. The smallest absolute Gasteiger partial charge is 0 e. The van der Waals surface area contributed by atoms with Gasteiger partial charge in [-0.05, 0) is 48.7 Å². The number of benzene rings is 4. The summed E-state index contributed by atoms with van der Waals surface area (Å²) in [7, 11) is 0. The number of hydrogen-bond donors (Lipinski definition) is 0. The van der Waals surface area contributed by atoms with Gasteiger partial charge in [-0.2, -0.15) is 0 Å². The maximum Gasteiger partial charge on any atom is 0 e. The van der Waals surface area contributed by atoms with Crippen molar-refractivity contribution in [2.75, 3.05) is 0 Å². The first-order chi connectivity index (χ1) is 22.4. The normalized spacial score (nSPS) is 11.9. The van der Waals surface area contributed by atoms with E-state index in [1.807, 2.05) is 74.6 Å². The predicted octanol–water partition coefficient (Wildman–Crippen LogP) is 10.9. The van der Waals surface area contributed by atoms with E-state index in [9.17, 15) is 0 Å². The average Bonchev–Trinajstić information content (AvgIpc) is 3.44. The van der Waals surface area contributed by atoms with Gasteiger partial charge in [-0.3, -0.25) is 0 Å². The summed E-state index contributed by atoms with van der Waals surface area (Å²) in [5.74, 6) is 6.44. The Morgan fingerprint density at radius 1 is 0.787 bits per heavy atom. The quantitative estimate of drug-likeness (QED) is 0.128. The van der Waals surface area contributed by atoms with Crippen molar-refractivity contribution in [2.24, 2.45) is 0 Å². The van der Waals surface area contributed by atoms with Crippen LogP contribution in [0.4, 0.5) is 0 Å². The van der Waals surface area contributed by atoms with Crippen LogP contribution >= 0.6 is 0 Å².